The fourth-order valence-electron chi connectivity index (χ4n) is 3.13. The lowest BCUT2D eigenvalue weighted by Gasteiger charge is -2.25. The van der Waals surface area contributed by atoms with Crippen LogP contribution in [0, 0.1) is 0 Å². The van der Waals surface area contributed by atoms with Gasteiger partial charge in [0.2, 0.25) is 0 Å². The summed E-state index contributed by atoms with van der Waals surface area (Å²) in [4.78, 5) is 15.2. The standard InChI is InChI=1S/C16H18ClN5OS/c1-21(2)6-10-5-11(23-20-10)7-22-4-3-12-13(8-22)24-16-14(12)15(17)18-9-19-16/h5,9H,3-4,6-8H2,1-2H3. The van der Waals surface area contributed by atoms with E-state index in [1.54, 1.807) is 11.3 Å². The lowest BCUT2D eigenvalue weighted by atomic mass is 10.1. The molecule has 0 atom stereocenters. The molecule has 6 nitrogen and oxygen atoms in total. The van der Waals surface area contributed by atoms with E-state index in [1.807, 2.05) is 20.2 Å². The molecule has 0 radical (unpaired) electrons. The number of hydrogen-bond donors (Lipinski definition) is 0. The highest BCUT2D eigenvalue weighted by atomic mass is 35.5. The quantitative estimate of drug-likeness (QED) is 0.664. The van der Waals surface area contributed by atoms with Crippen molar-refractivity contribution in [2.45, 2.75) is 26.1 Å². The Kier molecular flexibility index (Phi) is 4.26. The van der Waals surface area contributed by atoms with Crippen LogP contribution in [0.5, 0.6) is 0 Å². The Labute approximate surface area is 149 Å². The van der Waals surface area contributed by atoms with Gasteiger partial charge in [0.25, 0.3) is 0 Å². The molecule has 3 aromatic heterocycles. The Morgan fingerprint density at radius 2 is 2.25 bits per heavy atom. The lowest BCUT2D eigenvalue weighted by molar-refractivity contribution is 0.217. The number of rotatable bonds is 4. The number of hydrogen-bond acceptors (Lipinski definition) is 7. The average Bonchev–Trinajstić information content (AvgIpc) is 3.11. The first-order valence-corrected chi connectivity index (χ1v) is 9.02. The van der Waals surface area contributed by atoms with Crippen molar-refractivity contribution < 1.29 is 4.52 Å². The predicted molar refractivity (Wildman–Crippen MR) is 94.1 cm³/mol. The molecule has 0 N–H and O–H groups in total. The highest BCUT2D eigenvalue weighted by Crippen LogP contribution is 2.37. The van der Waals surface area contributed by atoms with Crippen molar-refractivity contribution in [1.82, 2.24) is 24.9 Å². The highest BCUT2D eigenvalue weighted by molar-refractivity contribution is 7.19. The van der Waals surface area contributed by atoms with Crippen molar-refractivity contribution in [1.29, 1.82) is 0 Å². The first-order chi connectivity index (χ1) is 11.6. The van der Waals surface area contributed by atoms with Crippen molar-refractivity contribution in [2.24, 2.45) is 0 Å². The summed E-state index contributed by atoms with van der Waals surface area (Å²) in [6.45, 7) is 3.42. The molecule has 0 saturated carbocycles. The molecule has 0 aliphatic carbocycles. The molecule has 0 saturated heterocycles. The summed E-state index contributed by atoms with van der Waals surface area (Å²) in [6.07, 6.45) is 2.49. The number of aromatic nitrogens is 3. The van der Waals surface area contributed by atoms with Gasteiger partial charge in [0.15, 0.2) is 5.76 Å². The first-order valence-electron chi connectivity index (χ1n) is 7.82. The van der Waals surface area contributed by atoms with E-state index in [1.165, 1.54) is 16.8 Å². The fourth-order valence-corrected chi connectivity index (χ4v) is 4.66. The zero-order chi connectivity index (χ0) is 16.7. The van der Waals surface area contributed by atoms with Crippen LogP contribution in [0.1, 0.15) is 21.9 Å². The van der Waals surface area contributed by atoms with Gasteiger partial charge in [-0.2, -0.15) is 0 Å². The SMILES string of the molecule is CN(C)Cc1cc(CN2CCc3c(sc4ncnc(Cl)c34)C2)on1. The van der Waals surface area contributed by atoms with E-state index in [0.29, 0.717) is 5.15 Å². The third-order valence-corrected chi connectivity index (χ3v) is 5.55. The maximum Gasteiger partial charge on any atom is 0.151 e. The summed E-state index contributed by atoms with van der Waals surface area (Å²) in [5.74, 6) is 0.911. The van der Waals surface area contributed by atoms with Crippen LogP contribution in [-0.2, 0) is 26.1 Å². The molecule has 0 spiro atoms. The fraction of sp³-hybridized carbons (Fsp3) is 0.438. The Balaban J connectivity index is 1.51. The van der Waals surface area contributed by atoms with Crippen molar-refractivity contribution in [3.8, 4) is 0 Å². The third-order valence-electron chi connectivity index (χ3n) is 4.14. The van der Waals surface area contributed by atoms with Gasteiger partial charge in [-0.1, -0.05) is 16.8 Å². The molecule has 8 heteroatoms. The first kappa shape index (κ1) is 16.0. The van der Waals surface area contributed by atoms with Crippen LogP contribution in [0.15, 0.2) is 16.9 Å². The predicted octanol–water partition coefficient (Wildman–Crippen LogP) is 2.95. The molecule has 0 amide bonds. The molecule has 0 aromatic carbocycles. The van der Waals surface area contributed by atoms with Crippen LogP contribution in [0.3, 0.4) is 0 Å². The van der Waals surface area contributed by atoms with E-state index in [9.17, 15) is 0 Å². The van der Waals surface area contributed by atoms with Gasteiger partial charge in [0.05, 0.1) is 17.6 Å². The number of halogens is 1. The van der Waals surface area contributed by atoms with E-state index < -0.39 is 0 Å². The minimum Gasteiger partial charge on any atom is -0.360 e. The Hall–Kier alpha value is -1.54. The van der Waals surface area contributed by atoms with Crippen LogP contribution >= 0.6 is 22.9 Å². The minimum atomic E-state index is 0.564. The average molecular weight is 364 g/mol. The monoisotopic (exact) mass is 363 g/mol. The highest BCUT2D eigenvalue weighted by Gasteiger charge is 2.24. The van der Waals surface area contributed by atoms with Gasteiger partial charge in [-0.05, 0) is 26.1 Å². The summed E-state index contributed by atoms with van der Waals surface area (Å²) in [5, 5.41) is 5.73. The van der Waals surface area contributed by atoms with Crippen molar-refractivity contribution in [3.63, 3.8) is 0 Å². The zero-order valence-electron chi connectivity index (χ0n) is 13.6. The van der Waals surface area contributed by atoms with Crippen LogP contribution in [0.2, 0.25) is 5.15 Å². The van der Waals surface area contributed by atoms with Crippen LogP contribution < -0.4 is 0 Å². The Morgan fingerprint density at radius 3 is 3.08 bits per heavy atom. The summed E-state index contributed by atoms with van der Waals surface area (Å²) in [5.41, 5.74) is 2.28. The molecule has 24 heavy (non-hydrogen) atoms. The normalized spacial score (nSPS) is 15.3. The van der Waals surface area contributed by atoms with Gasteiger partial charge < -0.3 is 9.42 Å². The van der Waals surface area contributed by atoms with Crippen molar-refractivity contribution in [3.05, 3.63) is 39.4 Å². The molecule has 1 aliphatic heterocycles. The van der Waals surface area contributed by atoms with Crippen LogP contribution in [0.25, 0.3) is 10.2 Å². The second-order valence-electron chi connectivity index (χ2n) is 6.33. The minimum absolute atomic E-state index is 0.564. The molecule has 0 bridgehead atoms. The maximum atomic E-state index is 6.26. The second kappa shape index (κ2) is 6.40. The molecular formula is C16H18ClN5OS. The summed E-state index contributed by atoms with van der Waals surface area (Å²) in [7, 11) is 4.05. The van der Waals surface area contributed by atoms with Gasteiger partial charge in [-0.25, -0.2) is 9.97 Å². The maximum absolute atomic E-state index is 6.26. The molecule has 3 aromatic rings. The van der Waals surface area contributed by atoms with E-state index in [2.05, 4.69) is 24.9 Å². The molecule has 1 aliphatic rings. The summed E-state index contributed by atoms with van der Waals surface area (Å²) >= 11 is 7.97. The van der Waals surface area contributed by atoms with Gasteiger partial charge in [-0.3, -0.25) is 4.90 Å². The van der Waals surface area contributed by atoms with E-state index in [-0.39, 0.29) is 0 Å². The third kappa shape index (κ3) is 3.04. The summed E-state index contributed by atoms with van der Waals surface area (Å²) in [6, 6.07) is 2.04. The number of fused-ring (bicyclic) bond motifs is 3. The lowest BCUT2D eigenvalue weighted by Crippen LogP contribution is -2.29. The second-order valence-corrected chi connectivity index (χ2v) is 7.77. The molecule has 0 unspecified atom stereocenters. The molecule has 0 fully saturated rings. The Bertz CT molecular complexity index is 875. The van der Waals surface area contributed by atoms with E-state index in [4.69, 9.17) is 16.1 Å². The van der Waals surface area contributed by atoms with E-state index in [0.717, 1.165) is 54.3 Å². The topological polar surface area (TPSA) is 58.3 Å². The molecule has 4 heterocycles. The summed E-state index contributed by atoms with van der Waals surface area (Å²) < 4.78 is 5.48. The largest absolute Gasteiger partial charge is 0.360 e. The van der Waals surface area contributed by atoms with Crippen LogP contribution in [0.4, 0.5) is 0 Å². The number of nitrogens with zero attached hydrogens (tertiary/aromatic N) is 5. The molecular weight excluding hydrogens is 346 g/mol. The van der Waals surface area contributed by atoms with Gasteiger partial charge >= 0.3 is 0 Å². The van der Waals surface area contributed by atoms with Gasteiger partial charge in [0.1, 0.15) is 16.3 Å². The molecule has 126 valence electrons. The van der Waals surface area contributed by atoms with Crippen molar-refractivity contribution >= 4 is 33.2 Å². The van der Waals surface area contributed by atoms with Crippen LogP contribution in [-0.4, -0.2) is 45.6 Å². The molecule has 4 rings (SSSR count). The van der Waals surface area contributed by atoms with E-state index >= 15 is 0 Å². The van der Waals surface area contributed by atoms with Gasteiger partial charge in [0, 0.05) is 30.6 Å². The van der Waals surface area contributed by atoms with Crippen molar-refractivity contribution in [2.75, 3.05) is 20.6 Å². The van der Waals surface area contributed by atoms with Gasteiger partial charge in [-0.15, -0.1) is 11.3 Å². The number of thiophene rings is 1. The Morgan fingerprint density at radius 1 is 1.38 bits per heavy atom. The zero-order valence-corrected chi connectivity index (χ0v) is 15.2. The smallest absolute Gasteiger partial charge is 0.151 e.